The third-order valence-electron chi connectivity index (χ3n) is 4.23. The van der Waals surface area contributed by atoms with E-state index < -0.39 is 29.9 Å². The van der Waals surface area contributed by atoms with Crippen molar-refractivity contribution in [3.05, 3.63) is 47.7 Å². The van der Waals surface area contributed by atoms with Crippen LogP contribution in [0.15, 0.2) is 34.7 Å². The Bertz CT molecular complexity index is 832. The Balaban J connectivity index is 2.00. The van der Waals surface area contributed by atoms with Crippen LogP contribution in [-0.4, -0.2) is 28.0 Å². The molecular weight excluding hydrogens is 400 g/mol. The Hall–Kier alpha value is -3.10. The first kappa shape index (κ1) is 24.2. The number of amides is 2. The standard InChI is InChI=1S/C22H32N4O5/c1-6-11-17(24-20(27)29-14-15-12-9-8-10-13-15)19-26-25-18(30-19)16(7-2)23-21(28)31-22(3,4)5/h8-10,12-13,16-17H,6-7,11,14H2,1-5H3,(H,23,28)(H,24,27)/t16-,17-/m0/s1. The van der Waals surface area contributed by atoms with Gasteiger partial charge in [-0.2, -0.15) is 0 Å². The van der Waals surface area contributed by atoms with Gasteiger partial charge < -0.3 is 24.5 Å². The van der Waals surface area contributed by atoms with Crippen LogP contribution in [0, 0.1) is 0 Å². The molecule has 0 aliphatic carbocycles. The van der Waals surface area contributed by atoms with Gasteiger partial charge in [0.25, 0.3) is 0 Å². The van der Waals surface area contributed by atoms with Gasteiger partial charge in [0, 0.05) is 0 Å². The molecule has 1 aromatic carbocycles. The van der Waals surface area contributed by atoms with Crippen LogP contribution in [0.4, 0.5) is 9.59 Å². The van der Waals surface area contributed by atoms with E-state index in [0.717, 1.165) is 12.0 Å². The smallest absolute Gasteiger partial charge is 0.408 e. The van der Waals surface area contributed by atoms with Crippen molar-refractivity contribution in [1.82, 2.24) is 20.8 Å². The summed E-state index contributed by atoms with van der Waals surface area (Å²) in [4.78, 5) is 24.3. The number of hydrogen-bond donors (Lipinski definition) is 2. The topological polar surface area (TPSA) is 116 Å². The minimum atomic E-state index is -0.612. The van der Waals surface area contributed by atoms with E-state index >= 15 is 0 Å². The Labute approximate surface area is 182 Å². The second-order valence-electron chi connectivity index (χ2n) is 8.13. The van der Waals surface area contributed by atoms with Crippen molar-refractivity contribution in [2.75, 3.05) is 0 Å². The van der Waals surface area contributed by atoms with Gasteiger partial charge in [-0.1, -0.05) is 50.6 Å². The fourth-order valence-corrected chi connectivity index (χ4v) is 2.77. The lowest BCUT2D eigenvalue weighted by Crippen LogP contribution is -2.35. The molecule has 31 heavy (non-hydrogen) atoms. The summed E-state index contributed by atoms with van der Waals surface area (Å²) in [5.74, 6) is 0.516. The Morgan fingerprint density at radius 2 is 1.61 bits per heavy atom. The summed E-state index contributed by atoms with van der Waals surface area (Å²) in [7, 11) is 0. The Kier molecular flexibility index (Phi) is 8.84. The normalized spacial score (nSPS) is 13.2. The first-order valence-electron chi connectivity index (χ1n) is 10.5. The number of ether oxygens (including phenoxy) is 2. The monoisotopic (exact) mass is 432 g/mol. The summed E-state index contributed by atoms with van der Waals surface area (Å²) in [5, 5.41) is 13.7. The van der Waals surface area contributed by atoms with Crippen molar-refractivity contribution in [1.29, 1.82) is 0 Å². The third kappa shape index (κ3) is 8.27. The highest BCUT2D eigenvalue weighted by Gasteiger charge is 2.26. The van der Waals surface area contributed by atoms with Gasteiger partial charge in [0.15, 0.2) is 0 Å². The molecule has 0 saturated heterocycles. The Morgan fingerprint density at radius 1 is 1.00 bits per heavy atom. The molecule has 0 bridgehead atoms. The number of benzene rings is 1. The SMILES string of the molecule is CCC[C@H](NC(=O)OCc1ccccc1)c1nnc([C@H](CC)NC(=O)OC(C)(C)C)o1. The summed E-state index contributed by atoms with van der Waals surface area (Å²) in [6.45, 7) is 9.40. The van der Waals surface area contributed by atoms with Crippen molar-refractivity contribution in [2.24, 2.45) is 0 Å². The molecule has 0 spiro atoms. The van der Waals surface area contributed by atoms with Crippen LogP contribution >= 0.6 is 0 Å². The molecule has 0 saturated carbocycles. The number of hydrogen-bond acceptors (Lipinski definition) is 7. The number of aromatic nitrogens is 2. The molecule has 2 amide bonds. The van der Waals surface area contributed by atoms with E-state index in [1.54, 1.807) is 20.8 Å². The minimum Gasteiger partial charge on any atom is -0.445 e. The summed E-state index contributed by atoms with van der Waals surface area (Å²) in [6.07, 6.45) is 0.784. The second-order valence-corrected chi connectivity index (χ2v) is 8.13. The molecule has 0 fully saturated rings. The van der Waals surface area contributed by atoms with Crippen LogP contribution in [0.25, 0.3) is 0 Å². The van der Waals surface area contributed by atoms with Crippen molar-refractivity contribution < 1.29 is 23.5 Å². The lowest BCUT2D eigenvalue weighted by atomic mass is 10.2. The minimum absolute atomic E-state index is 0.165. The highest BCUT2D eigenvalue weighted by molar-refractivity contribution is 5.68. The van der Waals surface area contributed by atoms with E-state index in [9.17, 15) is 9.59 Å². The van der Waals surface area contributed by atoms with Gasteiger partial charge in [0.2, 0.25) is 11.8 Å². The number of carbonyl (C=O) groups is 2. The number of nitrogens with zero attached hydrogens (tertiary/aromatic N) is 2. The average Bonchev–Trinajstić information content (AvgIpc) is 3.19. The highest BCUT2D eigenvalue weighted by atomic mass is 16.6. The van der Waals surface area contributed by atoms with Gasteiger partial charge in [-0.25, -0.2) is 9.59 Å². The zero-order chi connectivity index (χ0) is 22.9. The summed E-state index contributed by atoms with van der Waals surface area (Å²) < 4.78 is 16.4. The van der Waals surface area contributed by atoms with E-state index in [1.807, 2.05) is 44.2 Å². The predicted molar refractivity (Wildman–Crippen MR) is 114 cm³/mol. The van der Waals surface area contributed by atoms with E-state index in [1.165, 1.54) is 0 Å². The molecule has 2 aromatic rings. The van der Waals surface area contributed by atoms with Gasteiger partial charge >= 0.3 is 12.2 Å². The predicted octanol–water partition coefficient (Wildman–Crippen LogP) is 4.81. The molecule has 9 heteroatoms. The lowest BCUT2D eigenvalue weighted by molar-refractivity contribution is 0.0493. The van der Waals surface area contributed by atoms with Gasteiger partial charge in [-0.15, -0.1) is 10.2 Å². The van der Waals surface area contributed by atoms with Crippen molar-refractivity contribution in [3.63, 3.8) is 0 Å². The van der Waals surface area contributed by atoms with E-state index in [-0.39, 0.29) is 18.4 Å². The zero-order valence-electron chi connectivity index (χ0n) is 18.8. The zero-order valence-corrected chi connectivity index (χ0v) is 18.8. The van der Waals surface area contributed by atoms with Crippen molar-refractivity contribution >= 4 is 12.2 Å². The van der Waals surface area contributed by atoms with Gasteiger partial charge in [-0.05, 0) is 39.2 Å². The molecule has 2 rings (SSSR count). The number of alkyl carbamates (subject to hydrolysis) is 2. The maximum Gasteiger partial charge on any atom is 0.408 e. The molecule has 0 aliphatic heterocycles. The lowest BCUT2D eigenvalue weighted by Gasteiger charge is -2.21. The molecule has 9 nitrogen and oxygen atoms in total. The largest absolute Gasteiger partial charge is 0.445 e. The fourth-order valence-electron chi connectivity index (χ4n) is 2.77. The Morgan fingerprint density at radius 3 is 2.19 bits per heavy atom. The quantitative estimate of drug-likeness (QED) is 0.584. The molecule has 1 aromatic heterocycles. The van der Waals surface area contributed by atoms with Crippen molar-refractivity contribution in [3.8, 4) is 0 Å². The third-order valence-corrected chi connectivity index (χ3v) is 4.23. The molecule has 2 N–H and O–H groups in total. The molecule has 0 unspecified atom stereocenters. The highest BCUT2D eigenvalue weighted by Crippen LogP contribution is 2.22. The second kappa shape index (κ2) is 11.3. The molecule has 0 aliphatic rings. The molecule has 2 atom stereocenters. The molecule has 0 radical (unpaired) electrons. The van der Waals surface area contributed by atoms with Gasteiger partial charge in [0.1, 0.15) is 24.3 Å². The maximum atomic E-state index is 12.3. The molecule has 170 valence electrons. The summed E-state index contributed by atoms with van der Waals surface area (Å²) >= 11 is 0. The first-order valence-corrected chi connectivity index (χ1v) is 10.5. The van der Waals surface area contributed by atoms with Crippen molar-refractivity contribution in [2.45, 2.75) is 78.2 Å². The van der Waals surface area contributed by atoms with Crippen LogP contribution in [0.1, 0.15) is 83.3 Å². The first-order chi connectivity index (χ1) is 14.7. The van der Waals surface area contributed by atoms with E-state index in [4.69, 9.17) is 13.9 Å². The molecular formula is C22H32N4O5. The average molecular weight is 433 g/mol. The number of nitrogens with one attached hydrogen (secondary N) is 2. The van der Waals surface area contributed by atoms with Gasteiger partial charge in [-0.3, -0.25) is 0 Å². The van der Waals surface area contributed by atoms with Crippen LogP contribution in [0.3, 0.4) is 0 Å². The van der Waals surface area contributed by atoms with Crippen LogP contribution in [0.5, 0.6) is 0 Å². The van der Waals surface area contributed by atoms with Gasteiger partial charge in [0.05, 0.1) is 0 Å². The van der Waals surface area contributed by atoms with Crippen LogP contribution < -0.4 is 10.6 Å². The van der Waals surface area contributed by atoms with Crippen LogP contribution in [-0.2, 0) is 16.1 Å². The fraction of sp³-hybridized carbons (Fsp3) is 0.545. The molecule has 1 heterocycles. The number of rotatable bonds is 9. The van der Waals surface area contributed by atoms with E-state index in [2.05, 4.69) is 20.8 Å². The maximum absolute atomic E-state index is 12.3. The summed E-state index contributed by atoms with van der Waals surface area (Å²) in [6, 6.07) is 8.43. The number of carbonyl (C=O) groups excluding carboxylic acids is 2. The summed E-state index contributed by atoms with van der Waals surface area (Å²) in [5.41, 5.74) is 0.280. The van der Waals surface area contributed by atoms with E-state index in [0.29, 0.717) is 12.8 Å². The van der Waals surface area contributed by atoms with Crippen LogP contribution in [0.2, 0.25) is 0 Å².